The number of hydrogen-bond acceptors (Lipinski definition) is 4. The third kappa shape index (κ3) is 5.43. The summed E-state index contributed by atoms with van der Waals surface area (Å²) in [7, 11) is 1.55. The standard InChI is InChI=1S/C25H35N5O3/c1-6-7-13-19(31)29-14-15-30-18(16-29)20(27-22(30)17-11-9-8-10-12-17)23(32)28-21(24(33)26-5)25(2,3)4/h8-12,21H,6-7,13-16H2,1-5H3,(H,26,33)(H,28,32)/t21-/m1/s1. The minimum atomic E-state index is -0.724. The molecule has 0 bridgehead atoms. The number of imidazole rings is 1. The summed E-state index contributed by atoms with van der Waals surface area (Å²) in [4.78, 5) is 45.1. The number of likely N-dealkylation sites (N-methyl/N-ethyl adjacent to an activating group) is 1. The molecule has 2 heterocycles. The van der Waals surface area contributed by atoms with E-state index >= 15 is 0 Å². The second kappa shape index (κ2) is 10.2. The van der Waals surface area contributed by atoms with Crippen LogP contribution >= 0.6 is 0 Å². The molecule has 8 nitrogen and oxygen atoms in total. The number of carbonyl (C=O) groups excluding carboxylic acids is 3. The Bertz CT molecular complexity index is 1010. The van der Waals surface area contributed by atoms with Crippen LogP contribution in [0.1, 0.15) is 63.1 Å². The first kappa shape index (κ1) is 24.5. The Labute approximate surface area is 195 Å². The maximum Gasteiger partial charge on any atom is 0.272 e. The molecule has 8 heteroatoms. The van der Waals surface area contributed by atoms with Crippen LogP contribution in [0.15, 0.2) is 30.3 Å². The number of unbranched alkanes of at least 4 members (excludes halogenated alkanes) is 1. The van der Waals surface area contributed by atoms with Gasteiger partial charge in [0.15, 0.2) is 5.69 Å². The zero-order valence-corrected chi connectivity index (χ0v) is 20.3. The van der Waals surface area contributed by atoms with Crippen molar-refractivity contribution in [3.05, 3.63) is 41.7 Å². The number of hydrogen-bond donors (Lipinski definition) is 2. The predicted octanol–water partition coefficient (Wildman–Crippen LogP) is 2.97. The van der Waals surface area contributed by atoms with Crippen molar-refractivity contribution in [2.24, 2.45) is 5.41 Å². The quantitative estimate of drug-likeness (QED) is 0.674. The molecular weight excluding hydrogens is 418 g/mol. The smallest absolute Gasteiger partial charge is 0.272 e. The van der Waals surface area contributed by atoms with E-state index in [4.69, 9.17) is 4.98 Å². The molecule has 1 atom stereocenters. The average molecular weight is 454 g/mol. The minimum absolute atomic E-state index is 0.0925. The van der Waals surface area contributed by atoms with Gasteiger partial charge in [-0.1, -0.05) is 64.4 Å². The predicted molar refractivity (Wildman–Crippen MR) is 127 cm³/mol. The summed E-state index contributed by atoms with van der Waals surface area (Å²) in [6.07, 6.45) is 2.30. The Morgan fingerprint density at radius 3 is 2.42 bits per heavy atom. The summed E-state index contributed by atoms with van der Waals surface area (Å²) in [6, 6.07) is 8.99. The van der Waals surface area contributed by atoms with Gasteiger partial charge >= 0.3 is 0 Å². The van der Waals surface area contributed by atoms with E-state index in [0.717, 1.165) is 18.4 Å². The number of rotatable bonds is 7. The molecule has 0 saturated heterocycles. The molecule has 178 valence electrons. The van der Waals surface area contributed by atoms with Gasteiger partial charge < -0.3 is 20.1 Å². The third-order valence-electron chi connectivity index (χ3n) is 6.00. The Morgan fingerprint density at radius 2 is 1.82 bits per heavy atom. The van der Waals surface area contributed by atoms with Gasteiger partial charge in [0.2, 0.25) is 11.8 Å². The van der Waals surface area contributed by atoms with Gasteiger partial charge in [-0.15, -0.1) is 0 Å². The van der Waals surface area contributed by atoms with E-state index in [2.05, 4.69) is 17.6 Å². The largest absolute Gasteiger partial charge is 0.357 e. The molecule has 0 radical (unpaired) electrons. The fraction of sp³-hybridized carbons (Fsp3) is 0.520. The van der Waals surface area contributed by atoms with Crippen molar-refractivity contribution in [1.82, 2.24) is 25.1 Å². The van der Waals surface area contributed by atoms with E-state index in [1.54, 1.807) is 11.9 Å². The maximum absolute atomic E-state index is 13.4. The van der Waals surface area contributed by atoms with Crippen molar-refractivity contribution in [3.8, 4) is 11.4 Å². The van der Waals surface area contributed by atoms with Crippen molar-refractivity contribution in [3.63, 3.8) is 0 Å². The van der Waals surface area contributed by atoms with E-state index in [1.165, 1.54) is 0 Å². The van der Waals surface area contributed by atoms with Gasteiger partial charge in [0.25, 0.3) is 5.91 Å². The molecule has 33 heavy (non-hydrogen) atoms. The molecule has 0 fully saturated rings. The van der Waals surface area contributed by atoms with Crippen LogP contribution in [0.25, 0.3) is 11.4 Å². The van der Waals surface area contributed by atoms with Crippen molar-refractivity contribution < 1.29 is 14.4 Å². The molecule has 0 unspecified atom stereocenters. The molecule has 1 aliphatic rings. The van der Waals surface area contributed by atoms with Crippen LogP contribution < -0.4 is 10.6 Å². The van der Waals surface area contributed by atoms with Gasteiger partial charge in [-0.2, -0.15) is 0 Å². The molecule has 3 amide bonds. The minimum Gasteiger partial charge on any atom is -0.357 e. The highest BCUT2D eigenvalue weighted by molar-refractivity contribution is 5.98. The summed E-state index contributed by atoms with van der Waals surface area (Å²) < 4.78 is 2.03. The van der Waals surface area contributed by atoms with Crippen LogP contribution in [0.2, 0.25) is 0 Å². The summed E-state index contributed by atoms with van der Waals surface area (Å²) in [6.45, 7) is 9.24. The molecule has 0 saturated carbocycles. The fourth-order valence-electron chi connectivity index (χ4n) is 4.08. The van der Waals surface area contributed by atoms with Crippen molar-refractivity contribution >= 4 is 17.7 Å². The van der Waals surface area contributed by atoms with E-state index in [0.29, 0.717) is 37.6 Å². The van der Waals surface area contributed by atoms with Crippen LogP contribution in [-0.4, -0.2) is 51.8 Å². The van der Waals surface area contributed by atoms with Crippen molar-refractivity contribution in [1.29, 1.82) is 0 Å². The number of fused-ring (bicyclic) bond motifs is 1. The molecule has 3 rings (SSSR count). The molecule has 0 spiro atoms. The van der Waals surface area contributed by atoms with E-state index in [9.17, 15) is 14.4 Å². The molecular formula is C25H35N5O3. The molecule has 1 aromatic carbocycles. The van der Waals surface area contributed by atoms with Crippen molar-refractivity contribution in [2.75, 3.05) is 13.6 Å². The highest BCUT2D eigenvalue weighted by Gasteiger charge is 2.35. The maximum atomic E-state index is 13.4. The van der Waals surface area contributed by atoms with E-state index in [-0.39, 0.29) is 17.5 Å². The molecule has 1 aromatic heterocycles. The topological polar surface area (TPSA) is 96.3 Å². The molecule has 2 N–H and O–H groups in total. The Morgan fingerprint density at radius 1 is 1.12 bits per heavy atom. The molecule has 0 aliphatic carbocycles. The fourth-order valence-corrected chi connectivity index (χ4v) is 4.08. The summed E-state index contributed by atoms with van der Waals surface area (Å²) in [5, 5.41) is 5.52. The average Bonchev–Trinajstić information content (AvgIpc) is 3.19. The number of carbonyl (C=O) groups is 3. The summed E-state index contributed by atoms with van der Waals surface area (Å²) in [5.41, 5.74) is 1.38. The Hall–Kier alpha value is -3.16. The first-order valence-electron chi connectivity index (χ1n) is 11.6. The van der Waals surface area contributed by atoms with Crippen LogP contribution in [0.3, 0.4) is 0 Å². The van der Waals surface area contributed by atoms with Crippen LogP contribution in [-0.2, 0) is 22.7 Å². The first-order valence-corrected chi connectivity index (χ1v) is 11.6. The molecule has 2 aromatic rings. The lowest BCUT2D eigenvalue weighted by atomic mass is 9.86. The number of nitrogens with one attached hydrogen (secondary N) is 2. The van der Waals surface area contributed by atoms with Crippen molar-refractivity contribution in [2.45, 2.75) is 66.1 Å². The zero-order chi connectivity index (χ0) is 24.2. The number of amides is 3. The number of aromatic nitrogens is 2. The van der Waals surface area contributed by atoms with Crippen LogP contribution in [0.4, 0.5) is 0 Å². The lowest BCUT2D eigenvalue weighted by Gasteiger charge is -2.31. The summed E-state index contributed by atoms with van der Waals surface area (Å²) in [5.74, 6) is 0.120. The number of benzene rings is 1. The normalized spacial score (nSPS) is 14.4. The van der Waals surface area contributed by atoms with E-state index in [1.807, 2.05) is 55.7 Å². The monoisotopic (exact) mass is 453 g/mol. The second-order valence-corrected chi connectivity index (χ2v) is 9.55. The van der Waals surface area contributed by atoms with Crippen LogP contribution in [0.5, 0.6) is 0 Å². The van der Waals surface area contributed by atoms with Crippen LogP contribution in [0, 0.1) is 5.41 Å². The lowest BCUT2D eigenvalue weighted by molar-refractivity contribution is -0.132. The Kier molecular flexibility index (Phi) is 7.56. The van der Waals surface area contributed by atoms with Gasteiger partial charge in [-0.3, -0.25) is 14.4 Å². The van der Waals surface area contributed by atoms with Gasteiger partial charge in [0.05, 0.1) is 12.2 Å². The highest BCUT2D eigenvalue weighted by Crippen LogP contribution is 2.28. The third-order valence-corrected chi connectivity index (χ3v) is 6.00. The summed E-state index contributed by atoms with van der Waals surface area (Å²) >= 11 is 0. The lowest BCUT2D eigenvalue weighted by Crippen LogP contribution is -2.53. The zero-order valence-electron chi connectivity index (χ0n) is 20.3. The first-order chi connectivity index (χ1) is 15.7. The SMILES string of the molecule is CCCCC(=O)N1CCn2c(-c3ccccc3)nc(C(=O)N[C@H](C(=O)NC)C(C)(C)C)c2C1. The molecule has 1 aliphatic heterocycles. The van der Waals surface area contributed by atoms with Gasteiger partial charge in [0, 0.05) is 32.1 Å². The van der Waals surface area contributed by atoms with Gasteiger partial charge in [0.1, 0.15) is 11.9 Å². The highest BCUT2D eigenvalue weighted by atomic mass is 16.2. The Balaban J connectivity index is 1.99. The second-order valence-electron chi connectivity index (χ2n) is 9.55. The number of nitrogens with zero attached hydrogens (tertiary/aromatic N) is 3. The van der Waals surface area contributed by atoms with Gasteiger partial charge in [-0.05, 0) is 11.8 Å². The van der Waals surface area contributed by atoms with Gasteiger partial charge in [-0.25, -0.2) is 4.98 Å². The van der Waals surface area contributed by atoms with E-state index < -0.39 is 17.4 Å².